The van der Waals surface area contributed by atoms with E-state index < -0.39 is 25.0 Å². The summed E-state index contributed by atoms with van der Waals surface area (Å²) in [5.41, 5.74) is -0.0281. The van der Waals surface area contributed by atoms with Gasteiger partial charge in [0.15, 0.2) is 31.2 Å². The van der Waals surface area contributed by atoms with Crippen LogP contribution in [0.15, 0.2) is 0 Å². The van der Waals surface area contributed by atoms with Crippen LogP contribution in [-0.2, 0) is 27.5 Å². The van der Waals surface area contributed by atoms with E-state index in [2.05, 4.69) is 115 Å². The van der Waals surface area contributed by atoms with E-state index in [-0.39, 0.29) is 62.6 Å². The van der Waals surface area contributed by atoms with Crippen LogP contribution in [0.2, 0.25) is 54.4 Å². The Morgan fingerprint density at radius 3 is 1.49 bits per heavy atom. The van der Waals surface area contributed by atoms with Gasteiger partial charge in [0, 0.05) is 20.0 Å². The molecule has 0 spiro atoms. The van der Waals surface area contributed by atoms with E-state index in [0.29, 0.717) is 0 Å². The van der Waals surface area contributed by atoms with Crippen molar-refractivity contribution in [2.45, 2.75) is 191 Å². The molecule has 0 radical (unpaired) electrons. The highest BCUT2D eigenvalue weighted by atomic mass is 32.2. The van der Waals surface area contributed by atoms with Gasteiger partial charge in [-0.3, -0.25) is 0 Å². The van der Waals surface area contributed by atoms with Gasteiger partial charge in [-0.05, 0) is 68.2 Å². The number of ether oxygens (including phenoxy) is 3. The molecule has 244 valence electrons. The Morgan fingerprint density at radius 2 is 1.05 bits per heavy atom. The fraction of sp³-hybridized carbons (Fsp3) is 1.00. The van der Waals surface area contributed by atoms with Crippen LogP contribution >= 0.6 is 11.8 Å². The molecule has 2 aliphatic rings. The van der Waals surface area contributed by atoms with Crippen molar-refractivity contribution >= 4 is 36.7 Å². The normalized spacial score (nSPS) is 33.2. The van der Waals surface area contributed by atoms with Crippen molar-refractivity contribution in [1.29, 1.82) is 0 Å². The Hall–Kier alpha value is 0.761. The van der Waals surface area contributed by atoms with Crippen molar-refractivity contribution in [3.05, 3.63) is 0 Å². The third-order valence-corrected chi connectivity index (χ3v) is 25.6. The molecule has 2 rings (SSSR count). The van der Waals surface area contributed by atoms with Gasteiger partial charge < -0.3 is 27.5 Å². The van der Waals surface area contributed by atoms with E-state index in [4.69, 9.17) is 27.5 Å². The largest absolute Gasteiger partial charge is 0.413 e. The number of rotatable bonds is 9. The predicted octanol–water partition coefficient (Wildman–Crippen LogP) is 9.18. The first-order valence-corrected chi connectivity index (χ1v) is 25.4. The van der Waals surface area contributed by atoms with Crippen LogP contribution in [0.4, 0.5) is 0 Å². The highest BCUT2D eigenvalue weighted by molar-refractivity contribution is 8.00. The highest BCUT2D eigenvalue weighted by Gasteiger charge is 2.51. The van der Waals surface area contributed by atoms with Crippen molar-refractivity contribution < 1.29 is 27.5 Å². The molecule has 0 N–H and O–H groups in total. The molecule has 10 heteroatoms. The molecule has 2 saturated heterocycles. The molecule has 0 aromatic heterocycles. The zero-order valence-electron chi connectivity index (χ0n) is 29.9. The molecule has 0 aromatic rings. The predicted molar refractivity (Wildman–Crippen MR) is 183 cm³/mol. The summed E-state index contributed by atoms with van der Waals surface area (Å²) in [5.74, 6) is 0. The zero-order chi connectivity index (χ0) is 32.0. The van der Waals surface area contributed by atoms with E-state index in [1.54, 1.807) is 7.11 Å². The minimum absolute atomic E-state index is 0.0161. The van der Waals surface area contributed by atoms with Gasteiger partial charge in [0.05, 0.1) is 35.8 Å². The standard InChI is InChI=1S/C31H66O6SSi3/c1-21-27(37-41(17,18)31(9,10)11)23(35-39(13,14)29(3,4)5)20-26(34-21)38-28-22(2)33-25(32-12)19-24(28)36-40(15,16)30(6,7)8/h21-28H,19-20H2,1-18H3/t21-,22?,23?,24+,25+,26-,27-,28?/m0/s1. The van der Waals surface area contributed by atoms with Crippen LogP contribution in [0.1, 0.15) is 89.0 Å². The Bertz CT molecular complexity index is 848. The number of hydrogen-bond donors (Lipinski definition) is 0. The van der Waals surface area contributed by atoms with Crippen molar-refractivity contribution in [3.8, 4) is 0 Å². The summed E-state index contributed by atoms with van der Waals surface area (Å²) in [5, 5.41) is 0.486. The van der Waals surface area contributed by atoms with Crippen LogP contribution in [0.5, 0.6) is 0 Å². The second kappa shape index (κ2) is 13.2. The smallest absolute Gasteiger partial charge is 0.192 e. The average molecular weight is 651 g/mol. The van der Waals surface area contributed by atoms with Crippen molar-refractivity contribution in [3.63, 3.8) is 0 Å². The maximum absolute atomic E-state index is 7.18. The summed E-state index contributed by atoms with van der Waals surface area (Å²) < 4.78 is 40.1. The van der Waals surface area contributed by atoms with Gasteiger partial charge in [0.1, 0.15) is 5.44 Å². The second-order valence-electron chi connectivity index (χ2n) is 17.0. The first-order valence-electron chi connectivity index (χ1n) is 15.7. The molecule has 2 aliphatic heterocycles. The van der Waals surface area contributed by atoms with E-state index in [9.17, 15) is 0 Å². The monoisotopic (exact) mass is 650 g/mol. The van der Waals surface area contributed by atoms with Crippen LogP contribution in [0.25, 0.3) is 0 Å². The molecule has 0 aromatic carbocycles. The average Bonchev–Trinajstić information content (AvgIpc) is 2.75. The summed E-state index contributed by atoms with van der Waals surface area (Å²) in [6.45, 7) is 39.1. The summed E-state index contributed by atoms with van der Waals surface area (Å²) in [7, 11) is -4.37. The van der Waals surface area contributed by atoms with Gasteiger partial charge in [-0.1, -0.05) is 62.3 Å². The molecule has 3 unspecified atom stereocenters. The Kier molecular flexibility index (Phi) is 12.3. The Balaban J connectivity index is 2.38. The molecular formula is C31H66O6SSi3. The summed E-state index contributed by atoms with van der Waals surface area (Å²) in [6, 6.07) is 0. The topological polar surface area (TPSA) is 55.4 Å². The first-order chi connectivity index (χ1) is 18.2. The quantitative estimate of drug-likeness (QED) is 0.231. The molecule has 41 heavy (non-hydrogen) atoms. The lowest BCUT2D eigenvalue weighted by molar-refractivity contribution is -0.194. The van der Waals surface area contributed by atoms with E-state index >= 15 is 0 Å². The van der Waals surface area contributed by atoms with Gasteiger partial charge >= 0.3 is 0 Å². The third-order valence-electron chi connectivity index (χ3n) is 10.6. The minimum Gasteiger partial charge on any atom is -0.413 e. The van der Waals surface area contributed by atoms with Gasteiger partial charge in [0.25, 0.3) is 0 Å². The lowest BCUT2D eigenvalue weighted by Gasteiger charge is -2.51. The fourth-order valence-electron chi connectivity index (χ4n) is 4.64. The Labute approximate surface area is 261 Å². The maximum Gasteiger partial charge on any atom is 0.192 e. The number of hydrogen-bond acceptors (Lipinski definition) is 7. The molecule has 0 saturated carbocycles. The van der Waals surface area contributed by atoms with Crippen molar-refractivity contribution in [2.75, 3.05) is 7.11 Å². The van der Waals surface area contributed by atoms with Gasteiger partial charge in [-0.2, -0.15) is 0 Å². The molecular weight excluding hydrogens is 585 g/mol. The zero-order valence-corrected chi connectivity index (χ0v) is 33.7. The van der Waals surface area contributed by atoms with Crippen molar-refractivity contribution in [2.24, 2.45) is 0 Å². The van der Waals surface area contributed by atoms with E-state index in [1.165, 1.54) is 0 Å². The fourth-order valence-corrected chi connectivity index (χ4v) is 10.3. The molecule has 2 heterocycles. The van der Waals surface area contributed by atoms with Crippen LogP contribution in [-0.4, -0.2) is 79.6 Å². The molecule has 2 fully saturated rings. The summed E-state index contributed by atoms with van der Waals surface area (Å²) in [6.07, 6.45) is 1.12. The lowest BCUT2D eigenvalue weighted by atomic mass is 10.0. The molecule has 0 bridgehead atoms. The van der Waals surface area contributed by atoms with Gasteiger partial charge in [-0.15, -0.1) is 11.8 Å². The van der Waals surface area contributed by atoms with Crippen LogP contribution in [0, 0.1) is 0 Å². The third kappa shape index (κ3) is 9.39. The number of thioether (sulfide) groups is 1. The molecule has 6 nitrogen and oxygen atoms in total. The summed E-state index contributed by atoms with van der Waals surface area (Å²) in [4.78, 5) is 0. The summed E-state index contributed by atoms with van der Waals surface area (Å²) >= 11 is 1.87. The second-order valence-corrected chi connectivity index (χ2v) is 32.6. The molecule has 0 amide bonds. The van der Waals surface area contributed by atoms with Crippen LogP contribution < -0.4 is 0 Å². The lowest BCUT2D eigenvalue weighted by Crippen LogP contribution is -2.59. The van der Waals surface area contributed by atoms with Crippen molar-refractivity contribution in [1.82, 2.24) is 0 Å². The number of methoxy groups -OCH3 is 1. The van der Waals surface area contributed by atoms with Gasteiger partial charge in [0.2, 0.25) is 0 Å². The van der Waals surface area contributed by atoms with E-state index in [1.807, 2.05) is 11.8 Å². The minimum atomic E-state index is -2.05. The molecule has 8 atom stereocenters. The van der Waals surface area contributed by atoms with Crippen LogP contribution in [0.3, 0.4) is 0 Å². The van der Waals surface area contributed by atoms with E-state index in [0.717, 1.165) is 12.8 Å². The SMILES string of the molecule is CO[C@H]1C[C@@H](O[Si](C)(C)C(C)(C)C)C(S[C@H]2CC(O[Si](C)(C)C(C)(C)C)[C@@H](O[Si](C)(C)C(C)(C)C)[C@H](C)O2)C(C)O1. The Morgan fingerprint density at radius 1 is 0.610 bits per heavy atom. The highest BCUT2D eigenvalue weighted by Crippen LogP contribution is 2.47. The first kappa shape index (κ1) is 37.9. The van der Waals surface area contributed by atoms with Gasteiger partial charge in [-0.25, -0.2) is 0 Å². The molecule has 0 aliphatic carbocycles. The maximum atomic E-state index is 7.18.